The molecule has 1 N–H and O–H groups in total. The van der Waals surface area contributed by atoms with Gasteiger partial charge in [-0.25, -0.2) is 9.78 Å². The smallest absolute Gasteiger partial charge is 0.336 e. The SMILES string of the molecule is Cc1c(-c2cccs2)nc2c(Cl)cccc2c1C(=O)O. The molecular formula is C15H10ClNO2S. The lowest BCUT2D eigenvalue weighted by molar-refractivity contribution is 0.0698. The third kappa shape index (κ3) is 1.97. The highest BCUT2D eigenvalue weighted by molar-refractivity contribution is 7.13. The number of benzene rings is 1. The number of hydrogen-bond donors (Lipinski definition) is 1. The van der Waals surface area contributed by atoms with Gasteiger partial charge in [0.15, 0.2) is 0 Å². The number of aromatic nitrogens is 1. The number of carbonyl (C=O) groups is 1. The van der Waals surface area contributed by atoms with Crippen LogP contribution in [0, 0.1) is 6.92 Å². The molecule has 0 saturated heterocycles. The van der Waals surface area contributed by atoms with Crippen LogP contribution in [-0.4, -0.2) is 16.1 Å². The van der Waals surface area contributed by atoms with E-state index in [-0.39, 0.29) is 5.56 Å². The van der Waals surface area contributed by atoms with Crippen molar-refractivity contribution in [3.05, 3.63) is 51.9 Å². The van der Waals surface area contributed by atoms with E-state index in [1.807, 2.05) is 17.5 Å². The Labute approximate surface area is 124 Å². The van der Waals surface area contributed by atoms with Crippen molar-refractivity contribution in [1.29, 1.82) is 0 Å². The Kier molecular flexibility index (Phi) is 3.20. The van der Waals surface area contributed by atoms with Gasteiger partial charge in [-0.15, -0.1) is 11.3 Å². The first kappa shape index (κ1) is 13.1. The molecule has 0 amide bonds. The van der Waals surface area contributed by atoms with Crippen molar-refractivity contribution in [2.24, 2.45) is 0 Å². The first-order chi connectivity index (χ1) is 9.59. The van der Waals surface area contributed by atoms with E-state index in [1.54, 1.807) is 25.1 Å². The Morgan fingerprint density at radius 3 is 2.75 bits per heavy atom. The normalized spacial score (nSPS) is 10.9. The molecule has 3 rings (SSSR count). The van der Waals surface area contributed by atoms with E-state index in [1.165, 1.54) is 11.3 Å². The van der Waals surface area contributed by atoms with Crippen LogP contribution in [0.5, 0.6) is 0 Å². The highest BCUT2D eigenvalue weighted by Gasteiger charge is 2.19. The van der Waals surface area contributed by atoms with Gasteiger partial charge in [0.1, 0.15) is 0 Å². The van der Waals surface area contributed by atoms with Gasteiger partial charge < -0.3 is 5.11 Å². The van der Waals surface area contributed by atoms with E-state index in [0.29, 0.717) is 27.2 Å². The largest absolute Gasteiger partial charge is 0.478 e. The summed E-state index contributed by atoms with van der Waals surface area (Å²) in [5.74, 6) is -0.963. The van der Waals surface area contributed by atoms with Gasteiger partial charge in [-0.3, -0.25) is 0 Å². The molecule has 2 aromatic heterocycles. The zero-order valence-electron chi connectivity index (χ0n) is 10.6. The number of pyridine rings is 1. The molecule has 0 atom stereocenters. The molecule has 100 valence electrons. The number of carboxylic acids is 1. The fourth-order valence-corrected chi connectivity index (χ4v) is 3.26. The fraction of sp³-hybridized carbons (Fsp3) is 0.0667. The van der Waals surface area contributed by atoms with E-state index in [0.717, 1.165) is 4.88 Å². The summed E-state index contributed by atoms with van der Waals surface area (Å²) in [6.45, 7) is 1.78. The summed E-state index contributed by atoms with van der Waals surface area (Å²) in [5, 5.41) is 12.5. The van der Waals surface area contributed by atoms with E-state index in [2.05, 4.69) is 4.98 Å². The summed E-state index contributed by atoms with van der Waals surface area (Å²) in [4.78, 5) is 17.1. The van der Waals surface area contributed by atoms with Crippen LogP contribution in [0.3, 0.4) is 0 Å². The first-order valence-electron chi connectivity index (χ1n) is 5.95. The molecule has 0 saturated carbocycles. The van der Waals surface area contributed by atoms with Crippen LogP contribution in [-0.2, 0) is 0 Å². The quantitative estimate of drug-likeness (QED) is 0.751. The van der Waals surface area contributed by atoms with Crippen molar-refractivity contribution >= 4 is 39.8 Å². The van der Waals surface area contributed by atoms with Gasteiger partial charge in [0.05, 0.1) is 26.7 Å². The minimum Gasteiger partial charge on any atom is -0.478 e. The molecule has 0 bridgehead atoms. The standard InChI is InChI=1S/C15H10ClNO2S/c1-8-12(15(18)19)9-4-2-5-10(16)14(9)17-13(8)11-6-3-7-20-11/h2-7H,1H3,(H,18,19). The topological polar surface area (TPSA) is 50.2 Å². The molecule has 0 spiro atoms. The Bertz CT molecular complexity index is 812. The lowest BCUT2D eigenvalue weighted by atomic mass is 10.0. The number of fused-ring (bicyclic) bond motifs is 1. The summed E-state index contributed by atoms with van der Waals surface area (Å²) < 4.78 is 0. The Hall–Kier alpha value is -1.91. The molecule has 0 unspecified atom stereocenters. The summed E-state index contributed by atoms with van der Waals surface area (Å²) in [5.41, 5.74) is 2.13. The van der Waals surface area contributed by atoms with E-state index >= 15 is 0 Å². The highest BCUT2D eigenvalue weighted by atomic mass is 35.5. The van der Waals surface area contributed by atoms with Crippen LogP contribution in [0.25, 0.3) is 21.5 Å². The third-order valence-electron chi connectivity index (χ3n) is 3.18. The van der Waals surface area contributed by atoms with Crippen LogP contribution in [0.1, 0.15) is 15.9 Å². The van der Waals surface area contributed by atoms with Crippen molar-refractivity contribution in [3.63, 3.8) is 0 Å². The van der Waals surface area contributed by atoms with Gasteiger partial charge in [0.2, 0.25) is 0 Å². The molecule has 0 aliphatic rings. The Balaban J connectivity index is 2.47. The van der Waals surface area contributed by atoms with Gasteiger partial charge in [-0.1, -0.05) is 29.8 Å². The minimum atomic E-state index is -0.963. The molecule has 0 fully saturated rings. The Morgan fingerprint density at radius 1 is 1.30 bits per heavy atom. The number of carboxylic acid groups (broad SMARTS) is 1. The number of hydrogen-bond acceptors (Lipinski definition) is 3. The van der Waals surface area contributed by atoms with Gasteiger partial charge >= 0.3 is 5.97 Å². The maximum Gasteiger partial charge on any atom is 0.336 e. The maximum absolute atomic E-state index is 11.6. The van der Waals surface area contributed by atoms with Gasteiger partial charge in [0, 0.05) is 5.39 Å². The molecule has 0 aliphatic heterocycles. The number of para-hydroxylation sites is 1. The van der Waals surface area contributed by atoms with Crippen LogP contribution >= 0.6 is 22.9 Å². The summed E-state index contributed by atoms with van der Waals surface area (Å²) in [6, 6.07) is 9.04. The lowest BCUT2D eigenvalue weighted by Gasteiger charge is -2.11. The van der Waals surface area contributed by atoms with Crippen LogP contribution in [0.4, 0.5) is 0 Å². The first-order valence-corrected chi connectivity index (χ1v) is 7.21. The van der Waals surface area contributed by atoms with Crippen LogP contribution in [0.15, 0.2) is 35.7 Å². The second-order valence-electron chi connectivity index (χ2n) is 4.38. The third-order valence-corrected chi connectivity index (χ3v) is 4.36. The monoisotopic (exact) mass is 303 g/mol. The predicted octanol–water partition coefficient (Wildman–Crippen LogP) is 4.62. The number of nitrogens with zero attached hydrogens (tertiary/aromatic N) is 1. The van der Waals surface area contributed by atoms with Gasteiger partial charge in [-0.05, 0) is 30.0 Å². The number of aromatic carboxylic acids is 1. The second-order valence-corrected chi connectivity index (χ2v) is 5.73. The highest BCUT2D eigenvalue weighted by Crippen LogP contribution is 2.34. The van der Waals surface area contributed by atoms with Crippen LogP contribution < -0.4 is 0 Å². The molecule has 1 aromatic carbocycles. The average Bonchev–Trinajstić information content (AvgIpc) is 2.91. The summed E-state index contributed by atoms with van der Waals surface area (Å²) in [6.07, 6.45) is 0. The van der Waals surface area contributed by atoms with Gasteiger partial charge in [-0.2, -0.15) is 0 Å². The number of rotatable bonds is 2. The summed E-state index contributed by atoms with van der Waals surface area (Å²) >= 11 is 7.69. The summed E-state index contributed by atoms with van der Waals surface area (Å²) in [7, 11) is 0. The molecule has 0 aliphatic carbocycles. The molecular weight excluding hydrogens is 294 g/mol. The van der Waals surface area contributed by atoms with E-state index in [9.17, 15) is 9.90 Å². The van der Waals surface area contributed by atoms with Crippen molar-refractivity contribution in [3.8, 4) is 10.6 Å². The molecule has 2 heterocycles. The number of halogens is 1. The van der Waals surface area contributed by atoms with E-state index < -0.39 is 5.97 Å². The van der Waals surface area contributed by atoms with Crippen molar-refractivity contribution < 1.29 is 9.90 Å². The zero-order valence-corrected chi connectivity index (χ0v) is 12.1. The fourth-order valence-electron chi connectivity index (χ4n) is 2.28. The lowest BCUT2D eigenvalue weighted by Crippen LogP contribution is -2.04. The molecule has 5 heteroatoms. The van der Waals surface area contributed by atoms with Crippen LogP contribution in [0.2, 0.25) is 5.02 Å². The zero-order chi connectivity index (χ0) is 14.3. The van der Waals surface area contributed by atoms with Crippen molar-refractivity contribution in [2.75, 3.05) is 0 Å². The molecule has 0 radical (unpaired) electrons. The average molecular weight is 304 g/mol. The maximum atomic E-state index is 11.6. The number of thiophene rings is 1. The molecule has 20 heavy (non-hydrogen) atoms. The Morgan fingerprint density at radius 2 is 2.10 bits per heavy atom. The molecule has 3 aromatic rings. The van der Waals surface area contributed by atoms with Crippen molar-refractivity contribution in [1.82, 2.24) is 4.98 Å². The van der Waals surface area contributed by atoms with Gasteiger partial charge in [0.25, 0.3) is 0 Å². The molecule has 3 nitrogen and oxygen atoms in total. The predicted molar refractivity (Wildman–Crippen MR) is 81.8 cm³/mol. The van der Waals surface area contributed by atoms with Crippen molar-refractivity contribution in [2.45, 2.75) is 6.92 Å². The minimum absolute atomic E-state index is 0.265. The van der Waals surface area contributed by atoms with E-state index in [4.69, 9.17) is 11.6 Å². The second kappa shape index (κ2) is 4.89.